The first-order valence-electron chi connectivity index (χ1n) is 8.57. The monoisotopic (exact) mass is 424 g/mol. The molecule has 13 nitrogen and oxygen atoms in total. The minimum absolute atomic E-state index is 0.306. The lowest BCUT2D eigenvalue weighted by Crippen LogP contribution is -2.69. The zero-order valence-electron chi connectivity index (χ0n) is 14.7. The maximum Gasteiger partial charge on any atom is 0.331 e. The Kier molecular flexibility index (Phi) is 5.92. The summed E-state index contributed by atoms with van der Waals surface area (Å²) in [5.74, 6) is -1.49. The molecule has 0 spiro atoms. The van der Waals surface area contributed by atoms with Gasteiger partial charge in [-0.25, -0.2) is 4.79 Å². The van der Waals surface area contributed by atoms with E-state index in [1.807, 2.05) is 0 Å². The van der Waals surface area contributed by atoms with Crippen molar-refractivity contribution in [1.82, 2.24) is 9.55 Å². The SMILES string of the molecule is O=c1[nH]c(=O)n([C@]2([C@@H]3O[C@H](CO)[C@H](O)[C@H](O)[C@H]3O)O[C@H](CO)[C@@H](O)[C@H]2O)cc1F. The first-order valence-corrected chi connectivity index (χ1v) is 8.57. The number of aliphatic hydroxyl groups excluding tert-OH is 7. The van der Waals surface area contributed by atoms with Crippen molar-refractivity contribution in [2.45, 2.75) is 54.6 Å². The molecule has 3 rings (SSSR count). The van der Waals surface area contributed by atoms with Crippen molar-refractivity contribution in [2.24, 2.45) is 0 Å². The van der Waals surface area contributed by atoms with Gasteiger partial charge in [0.05, 0.1) is 19.4 Å². The summed E-state index contributed by atoms with van der Waals surface area (Å²) in [5, 5.41) is 70.2. The summed E-state index contributed by atoms with van der Waals surface area (Å²) >= 11 is 0. The number of ether oxygens (including phenoxy) is 2. The Labute approximate surface area is 160 Å². The molecule has 0 aromatic carbocycles. The number of aromatic amines is 1. The van der Waals surface area contributed by atoms with Gasteiger partial charge in [-0.3, -0.25) is 14.3 Å². The fourth-order valence-corrected chi connectivity index (χ4v) is 3.70. The number of hydrogen-bond acceptors (Lipinski definition) is 11. The van der Waals surface area contributed by atoms with Crippen LogP contribution in [0.3, 0.4) is 0 Å². The Morgan fingerprint density at radius 2 is 1.62 bits per heavy atom. The van der Waals surface area contributed by atoms with Crippen LogP contribution in [0.5, 0.6) is 0 Å². The molecule has 3 heterocycles. The number of nitrogens with one attached hydrogen (secondary N) is 1. The Morgan fingerprint density at radius 1 is 1.00 bits per heavy atom. The van der Waals surface area contributed by atoms with Crippen LogP contribution in [-0.4, -0.2) is 107 Å². The summed E-state index contributed by atoms with van der Waals surface area (Å²) in [6.07, 6.45) is -14.5. The Hall–Kier alpha value is -1.75. The predicted molar refractivity (Wildman–Crippen MR) is 87.0 cm³/mol. The third-order valence-electron chi connectivity index (χ3n) is 5.22. The summed E-state index contributed by atoms with van der Waals surface area (Å²) < 4.78 is 25.0. The first kappa shape index (κ1) is 21.9. The van der Waals surface area contributed by atoms with Gasteiger partial charge in [-0.05, 0) is 0 Å². The summed E-state index contributed by atoms with van der Waals surface area (Å²) in [4.78, 5) is 25.4. The van der Waals surface area contributed by atoms with E-state index in [9.17, 15) is 49.7 Å². The minimum Gasteiger partial charge on any atom is -0.394 e. The van der Waals surface area contributed by atoms with Crippen molar-refractivity contribution >= 4 is 0 Å². The molecule has 0 bridgehead atoms. The lowest BCUT2D eigenvalue weighted by Gasteiger charge is -2.48. The highest BCUT2D eigenvalue weighted by atomic mass is 19.1. The standard InChI is InChI=1S/C15H21FN2O11/c16-4-1-18(14(27)17-13(4)26)15(11(25)8(22)6(3-20)29-15)12-10(24)9(23)7(21)5(2-19)28-12/h1,5-12,19-25H,2-3H2,(H,17,26,27)/t5-,6-,7+,8-,9+,10-,11-,12-,15+/m1/s1. The summed E-state index contributed by atoms with van der Waals surface area (Å²) in [5.41, 5.74) is -5.40. The molecule has 14 heteroatoms. The zero-order chi connectivity index (χ0) is 21.7. The van der Waals surface area contributed by atoms with Crippen LogP contribution >= 0.6 is 0 Å². The van der Waals surface area contributed by atoms with Crippen LogP contribution in [0.1, 0.15) is 0 Å². The van der Waals surface area contributed by atoms with Crippen LogP contribution in [0, 0.1) is 5.82 Å². The normalized spacial score (nSPS) is 42.9. The molecule has 9 atom stereocenters. The molecule has 0 unspecified atom stereocenters. The van der Waals surface area contributed by atoms with Crippen LogP contribution < -0.4 is 11.2 Å². The van der Waals surface area contributed by atoms with E-state index in [1.165, 1.54) is 0 Å². The van der Waals surface area contributed by atoms with Gasteiger partial charge in [-0.15, -0.1) is 0 Å². The van der Waals surface area contributed by atoms with Gasteiger partial charge in [0.2, 0.25) is 11.5 Å². The van der Waals surface area contributed by atoms with Crippen molar-refractivity contribution in [3.63, 3.8) is 0 Å². The average molecular weight is 424 g/mol. The number of aromatic nitrogens is 2. The zero-order valence-corrected chi connectivity index (χ0v) is 14.7. The van der Waals surface area contributed by atoms with E-state index < -0.39 is 84.8 Å². The maximum absolute atomic E-state index is 13.9. The topological polar surface area (TPSA) is 215 Å². The fraction of sp³-hybridized carbons (Fsp3) is 0.733. The van der Waals surface area contributed by atoms with Crippen molar-refractivity contribution in [3.05, 3.63) is 32.9 Å². The van der Waals surface area contributed by atoms with Crippen LogP contribution in [0.15, 0.2) is 15.8 Å². The van der Waals surface area contributed by atoms with E-state index in [0.29, 0.717) is 10.8 Å². The smallest absolute Gasteiger partial charge is 0.331 e. The Bertz CT molecular complexity index is 859. The van der Waals surface area contributed by atoms with Gasteiger partial charge in [0.25, 0.3) is 5.56 Å². The van der Waals surface area contributed by atoms with E-state index in [1.54, 1.807) is 4.98 Å². The molecular weight excluding hydrogens is 403 g/mol. The van der Waals surface area contributed by atoms with Gasteiger partial charge in [-0.1, -0.05) is 0 Å². The number of rotatable bonds is 4. The predicted octanol–water partition coefficient (Wildman–Crippen LogP) is -5.72. The maximum atomic E-state index is 13.9. The number of hydrogen-bond donors (Lipinski definition) is 8. The van der Waals surface area contributed by atoms with E-state index in [2.05, 4.69) is 0 Å². The lowest BCUT2D eigenvalue weighted by atomic mass is 9.86. The first-order chi connectivity index (χ1) is 13.6. The molecule has 0 saturated carbocycles. The van der Waals surface area contributed by atoms with Gasteiger partial charge in [0, 0.05) is 0 Å². The van der Waals surface area contributed by atoms with Crippen molar-refractivity contribution in [3.8, 4) is 0 Å². The fourth-order valence-electron chi connectivity index (χ4n) is 3.70. The quantitative estimate of drug-likeness (QED) is 0.228. The van der Waals surface area contributed by atoms with E-state index in [4.69, 9.17) is 9.47 Å². The molecule has 0 amide bonds. The number of halogens is 1. The highest BCUT2D eigenvalue weighted by molar-refractivity contribution is 5.10. The highest BCUT2D eigenvalue weighted by Gasteiger charge is 2.65. The Balaban J connectivity index is 2.24. The molecule has 1 aromatic rings. The van der Waals surface area contributed by atoms with Crippen molar-refractivity contribution in [1.29, 1.82) is 0 Å². The lowest BCUT2D eigenvalue weighted by molar-refractivity contribution is -0.310. The van der Waals surface area contributed by atoms with Gasteiger partial charge >= 0.3 is 5.69 Å². The van der Waals surface area contributed by atoms with E-state index in [-0.39, 0.29) is 0 Å². The van der Waals surface area contributed by atoms with Gasteiger partial charge in [-0.2, -0.15) is 4.39 Å². The highest BCUT2D eigenvalue weighted by Crippen LogP contribution is 2.43. The summed E-state index contributed by atoms with van der Waals surface area (Å²) in [6, 6.07) is 0. The minimum atomic E-state index is -2.66. The van der Waals surface area contributed by atoms with E-state index >= 15 is 0 Å². The van der Waals surface area contributed by atoms with Crippen LogP contribution in [0.2, 0.25) is 0 Å². The third-order valence-corrected chi connectivity index (χ3v) is 5.22. The molecule has 2 saturated heterocycles. The number of H-pyrrole nitrogens is 1. The molecule has 0 radical (unpaired) electrons. The average Bonchev–Trinajstić information content (AvgIpc) is 2.95. The molecule has 1 aromatic heterocycles. The molecule has 2 fully saturated rings. The van der Waals surface area contributed by atoms with Crippen molar-refractivity contribution < 1.29 is 49.6 Å². The van der Waals surface area contributed by atoms with E-state index in [0.717, 1.165) is 0 Å². The molecular formula is C15H21FN2O11. The molecule has 8 N–H and O–H groups in total. The molecule has 2 aliphatic heterocycles. The second-order valence-electron chi connectivity index (χ2n) is 6.88. The molecule has 0 aliphatic carbocycles. The number of nitrogens with zero attached hydrogens (tertiary/aromatic N) is 1. The Morgan fingerprint density at radius 3 is 2.17 bits per heavy atom. The van der Waals surface area contributed by atoms with Gasteiger partial charge < -0.3 is 45.2 Å². The second-order valence-corrected chi connectivity index (χ2v) is 6.88. The molecule has 2 aliphatic rings. The molecule has 29 heavy (non-hydrogen) atoms. The summed E-state index contributed by atoms with van der Waals surface area (Å²) in [6.45, 7) is -1.74. The third kappa shape index (κ3) is 3.22. The van der Waals surface area contributed by atoms with Crippen LogP contribution in [0.25, 0.3) is 0 Å². The largest absolute Gasteiger partial charge is 0.394 e. The second kappa shape index (κ2) is 7.82. The summed E-state index contributed by atoms with van der Waals surface area (Å²) in [7, 11) is 0. The van der Waals surface area contributed by atoms with Gasteiger partial charge in [0.1, 0.15) is 48.8 Å². The molecule has 164 valence electrons. The van der Waals surface area contributed by atoms with Crippen molar-refractivity contribution in [2.75, 3.05) is 13.2 Å². The number of aliphatic hydroxyl groups is 7. The van der Waals surface area contributed by atoms with Crippen LogP contribution in [0.4, 0.5) is 4.39 Å². The van der Waals surface area contributed by atoms with Crippen LogP contribution in [-0.2, 0) is 15.2 Å². The van der Waals surface area contributed by atoms with Gasteiger partial charge in [0.15, 0.2) is 0 Å².